The summed E-state index contributed by atoms with van der Waals surface area (Å²) in [7, 11) is 0. The molecule has 0 radical (unpaired) electrons. The topological polar surface area (TPSA) is 49.3 Å². The van der Waals surface area contributed by atoms with Gasteiger partial charge in [0.2, 0.25) is 11.3 Å². The Morgan fingerprint density at radius 1 is 1.53 bits per heavy atom. The predicted molar refractivity (Wildman–Crippen MR) is 66.0 cm³/mol. The minimum absolute atomic E-state index is 0.550. The molecule has 0 saturated heterocycles. The van der Waals surface area contributed by atoms with Crippen LogP contribution in [0.5, 0.6) is 0 Å². The van der Waals surface area contributed by atoms with Crippen LogP contribution in [0.4, 0.5) is 0 Å². The van der Waals surface area contributed by atoms with Gasteiger partial charge in [-0.2, -0.15) is 0 Å². The van der Waals surface area contributed by atoms with Gasteiger partial charge in [-0.05, 0) is 37.0 Å². The Morgan fingerprint density at radius 2 is 2.27 bits per heavy atom. The van der Waals surface area contributed by atoms with Crippen LogP contribution in [0.1, 0.15) is 17.5 Å². The van der Waals surface area contributed by atoms with Gasteiger partial charge in [0, 0.05) is 11.0 Å². The Labute approximate surface area is 101 Å². The van der Waals surface area contributed by atoms with Crippen molar-refractivity contribution in [1.82, 2.24) is 4.72 Å². The van der Waals surface area contributed by atoms with Gasteiger partial charge < -0.3 is 0 Å². The van der Waals surface area contributed by atoms with E-state index in [2.05, 4.69) is 38.9 Å². The minimum Gasteiger partial charge on any atom is -0.294 e. The summed E-state index contributed by atoms with van der Waals surface area (Å²) in [5.41, 5.74) is 2.45. The van der Waals surface area contributed by atoms with Crippen molar-refractivity contribution in [1.29, 1.82) is 0 Å². The summed E-state index contributed by atoms with van der Waals surface area (Å²) in [6, 6.07) is 6.23. The van der Waals surface area contributed by atoms with Crippen LogP contribution >= 0.6 is 15.9 Å². The van der Waals surface area contributed by atoms with Crippen LogP contribution in [0.15, 0.2) is 22.7 Å². The lowest BCUT2D eigenvalue weighted by Crippen LogP contribution is -2.17. The maximum absolute atomic E-state index is 10.3. The van der Waals surface area contributed by atoms with Gasteiger partial charge in [-0.25, -0.2) is 8.93 Å². The van der Waals surface area contributed by atoms with Crippen molar-refractivity contribution in [3.05, 3.63) is 33.8 Å². The summed E-state index contributed by atoms with van der Waals surface area (Å²) in [5, 5.41) is 0. The zero-order valence-electron chi connectivity index (χ0n) is 8.50. The van der Waals surface area contributed by atoms with Crippen LogP contribution in [0.2, 0.25) is 0 Å². The van der Waals surface area contributed by atoms with Gasteiger partial charge in [0.05, 0.1) is 0 Å². The Hall–Kier alpha value is -0.230. The molecule has 0 aliphatic rings. The normalized spacial score (nSPS) is 12.7. The van der Waals surface area contributed by atoms with Gasteiger partial charge in [-0.1, -0.05) is 28.1 Å². The third kappa shape index (κ3) is 4.88. The van der Waals surface area contributed by atoms with Crippen molar-refractivity contribution in [3.63, 3.8) is 0 Å². The Morgan fingerprint density at radius 3 is 2.87 bits per heavy atom. The second-order valence-corrected chi connectivity index (χ2v) is 4.97. The molecule has 1 unspecified atom stereocenters. The van der Waals surface area contributed by atoms with E-state index in [4.69, 9.17) is 4.55 Å². The van der Waals surface area contributed by atoms with E-state index in [1.807, 2.05) is 6.92 Å². The van der Waals surface area contributed by atoms with E-state index >= 15 is 0 Å². The molecule has 0 fully saturated rings. The second kappa shape index (κ2) is 6.37. The summed E-state index contributed by atoms with van der Waals surface area (Å²) >= 11 is 1.58. The van der Waals surface area contributed by atoms with Gasteiger partial charge >= 0.3 is 0 Å². The van der Waals surface area contributed by atoms with Crippen molar-refractivity contribution in [2.75, 3.05) is 6.54 Å². The van der Waals surface area contributed by atoms with Crippen molar-refractivity contribution in [2.45, 2.75) is 19.8 Å². The lowest BCUT2D eigenvalue weighted by molar-refractivity contribution is 0.547. The average Bonchev–Trinajstić information content (AvgIpc) is 2.18. The molecule has 1 rings (SSSR count). The van der Waals surface area contributed by atoms with Gasteiger partial charge in [0.25, 0.3) is 0 Å². The molecule has 3 nitrogen and oxygen atoms in total. The maximum atomic E-state index is 10.3. The number of hydrogen-bond acceptors (Lipinski definition) is 1. The van der Waals surface area contributed by atoms with Crippen LogP contribution in [-0.2, 0) is 17.7 Å². The third-order valence-electron chi connectivity index (χ3n) is 2.10. The van der Waals surface area contributed by atoms with E-state index in [1.165, 1.54) is 11.1 Å². The van der Waals surface area contributed by atoms with Crippen molar-refractivity contribution >= 4 is 27.2 Å². The van der Waals surface area contributed by atoms with Crippen molar-refractivity contribution < 1.29 is 8.76 Å². The van der Waals surface area contributed by atoms with E-state index in [0.717, 1.165) is 17.3 Å². The second-order valence-electron chi connectivity index (χ2n) is 3.33. The molecule has 1 aromatic rings. The van der Waals surface area contributed by atoms with Crippen LogP contribution < -0.4 is 4.72 Å². The molecule has 0 bridgehead atoms. The van der Waals surface area contributed by atoms with Crippen LogP contribution in [0, 0.1) is 6.92 Å². The molecular formula is C10H14BrNO2S. The first kappa shape index (κ1) is 12.8. The molecule has 0 spiro atoms. The zero-order valence-corrected chi connectivity index (χ0v) is 10.9. The maximum Gasteiger partial charge on any atom is 0.231 e. The highest BCUT2D eigenvalue weighted by molar-refractivity contribution is 9.10. The number of aryl methyl sites for hydroxylation is 2. The SMILES string of the molecule is Cc1ccc(CCCNS(=O)O)cc1Br. The number of rotatable bonds is 5. The van der Waals surface area contributed by atoms with Gasteiger partial charge in [-0.3, -0.25) is 4.55 Å². The molecule has 0 heterocycles. The highest BCUT2D eigenvalue weighted by Crippen LogP contribution is 2.18. The minimum atomic E-state index is -1.89. The molecule has 0 saturated carbocycles. The highest BCUT2D eigenvalue weighted by Gasteiger charge is 1.98. The Bertz CT molecular complexity index is 357. The lowest BCUT2D eigenvalue weighted by atomic mass is 10.1. The molecule has 0 aromatic heterocycles. The standard InChI is InChI=1S/C10H14BrNO2S/c1-8-4-5-9(7-10(8)11)3-2-6-12-15(13)14/h4-5,7,12H,2-3,6H2,1H3,(H,13,14). The van der Waals surface area contributed by atoms with E-state index in [-0.39, 0.29) is 0 Å². The molecular weight excluding hydrogens is 278 g/mol. The van der Waals surface area contributed by atoms with E-state index in [9.17, 15) is 4.21 Å². The molecule has 0 aliphatic heterocycles. The summed E-state index contributed by atoms with van der Waals surface area (Å²) in [4.78, 5) is 0. The largest absolute Gasteiger partial charge is 0.294 e. The number of halogens is 1. The van der Waals surface area contributed by atoms with Gasteiger partial charge in [0.1, 0.15) is 0 Å². The fourth-order valence-electron chi connectivity index (χ4n) is 1.24. The quantitative estimate of drug-likeness (QED) is 0.647. The third-order valence-corrected chi connectivity index (χ3v) is 3.41. The average molecular weight is 292 g/mol. The molecule has 15 heavy (non-hydrogen) atoms. The Balaban J connectivity index is 2.38. The van der Waals surface area contributed by atoms with Crippen LogP contribution in [0.3, 0.4) is 0 Å². The first-order chi connectivity index (χ1) is 7.09. The van der Waals surface area contributed by atoms with E-state index < -0.39 is 11.3 Å². The smallest absolute Gasteiger partial charge is 0.231 e. The fraction of sp³-hybridized carbons (Fsp3) is 0.400. The predicted octanol–water partition coefficient (Wildman–Crippen LogP) is 2.42. The fourth-order valence-corrected chi connectivity index (χ4v) is 1.99. The van der Waals surface area contributed by atoms with Crippen molar-refractivity contribution in [2.24, 2.45) is 0 Å². The van der Waals surface area contributed by atoms with Gasteiger partial charge in [-0.15, -0.1) is 0 Å². The summed E-state index contributed by atoms with van der Waals surface area (Å²) in [5.74, 6) is 0. The molecule has 5 heteroatoms. The summed E-state index contributed by atoms with van der Waals surface area (Å²) in [6.45, 7) is 2.60. The first-order valence-corrected chi connectivity index (χ1v) is 6.59. The van der Waals surface area contributed by atoms with Crippen molar-refractivity contribution in [3.8, 4) is 0 Å². The van der Waals surface area contributed by atoms with E-state index in [0.29, 0.717) is 6.54 Å². The molecule has 2 N–H and O–H groups in total. The highest BCUT2D eigenvalue weighted by atomic mass is 79.9. The molecule has 1 aromatic carbocycles. The number of benzene rings is 1. The molecule has 0 aliphatic carbocycles. The summed E-state index contributed by atoms with van der Waals surface area (Å²) < 4.78 is 22.4. The Kier molecular flexibility index (Phi) is 5.45. The number of nitrogens with one attached hydrogen (secondary N) is 1. The summed E-state index contributed by atoms with van der Waals surface area (Å²) in [6.07, 6.45) is 1.75. The molecule has 1 atom stereocenters. The van der Waals surface area contributed by atoms with Crippen LogP contribution in [-0.4, -0.2) is 15.3 Å². The zero-order chi connectivity index (χ0) is 11.3. The monoisotopic (exact) mass is 291 g/mol. The molecule has 0 amide bonds. The number of hydrogen-bond donors (Lipinski definition) is 2. The lowest BCUT2D eigenvalue weighted by Gasteiger charge is -2.04. The van der Waals surface area contributed by atoms with E-state index in [1.54, 1.807) is 0 Å². The van der Waals surface area contributed by atoms with Crippen LogP contribution in [0.25, 0.3) is 0 Å². The molecule has 84 valence electrons. The first-order valence-electron chi connectivity index (χ1n) is 4.69. The van der Waals surface area contributed by atoms with Gasteiger partial charge in [0.15, 0.2) is 0 Å².